The lowest BCUT2D eigenvalue weighted by atomic mass is 10.2. The molecular formula is C14H17N5O2. The van der Waals surface area contributed by atoms with E-state index >= 15 is 0 Å². The van der Waals surface area contributed by atoms with Crippen molar-refractivity contribution in [2.75, 3.05) is 6.54 Å². The molecule has 21 heavy (non-hydrogen) atoms. The van der Waals surface area contributed by atoms with Crippen LogP contribution >= 0.6 is 0 Å². The van der Waals surface area contributed by atoms with E-state index in [1.54, 1.807) is 11.0 Å². The van der Waals surface area contributed by atoms with Gasteiger partial charge in [-0.3, -0.25) is 9.89 Å². The van der Waals surface area contributed by atoms with Crippen LogP contribution in [0, 0.1) is 6.92 Å². The summed E-state index contributed by atoms with van der Waals surface area (Å²) in [6.07, 6.45) is 4.08. The Hall–Kier alpha value is -2.18. The van der Waals surface area contributed by atoms with Crippen LogP contribution in [0.25, 0.3) is 0 Å². The van der Waals surface area contributed by atoms with Crippen LogP contribution in [0.15, 0.2) is 10.6 Å². The molecule has 1 amide bonds. The number of H-pyrrole nitrogens is 1. The largest absolute Gasteiger partial charge is 0.339 e. The Balaban J connectivity index is 1.57. The van der Waals surface area contributed by atoms with Crippen LogP contribution in [0.3, 0.4) is 0 Å². The monoisotopic (exact) mass is 287 g/mol. The number of nitrogens with zero attached hydrogens (tertiary/aromatic N) is 4. The van der Waals surface area contributed by atoms with Gasteiger partial charge in [-0.25, -0.2) is 0 Å². The van der Waals surface area contributed by atoms with E-state index in [-0.39, 0.29) is 11.9 Å². The van der Waals surface area contributed by atoms with Gasteiger partial charge >= 0.3 is 0 Å². The van der Waals surface area contributed by atoms with Crippen molar-refractivity contribution in [3.8, 4) is 0 Å². The van der Waals surface area contributed by atoms with E-state index in [9.17, 15) is 4.79 Å². The van der Waals surface area contributed by atoms with Crippen molar-refractivity contribution < 1.29 is 9.32 Å². The first-order valence-corrected chi connectivity index (χ1v) is 7.39. The topological polar surface area (TPSA) is 87.9 Å². The fourth-order valence-electron chi connectivity index (χ4n) is 2.83. The Morgan fingerprint density at radius 3 is 3.00 bits per heavy atom. The second-order valence-electron chi connectivity index (χ2n) is 5.86. The quantitative estimate of drug-likeness (QED) is 0.932. The second-order valence-corrected chi connectivity index (χ2v) is 5.86. The first-order chi connectivity index (χ1) is 10.2. The van der Waals surface area contributed by atoms with Crippen molar-refractivity contribution in [2.45, 2.75) is 44.6 Å². The van der Waals surface area contributed by atoms with Crippen LogP contribution in [0.5, 0.6) is 0 Å². The third kappa shape index (κ3) is 2.22. The van der Waals surface area contributed by atoms with E-state index in [0.717, 1.165) is 37.3 Å². The summed E-state index contributed by atoms with van der Waals surface area (Å²) in [6, 6.07) is 1.68. The number of carbonyl (C=O) groups is 1. The number of hydrogen-bond acceptors (Lipinski definition) is 5. The van der Waals surface area contributed by atoms with E-state index in [2.05, 4.69) is 20.3 Å². The molecule has 2 aromatic heterocycles. The SMILES string of the molecule is Cc1cc(C(=O)N2CCC[C@H]2c2noc(C3CC3)n2)n[nH]1. The lowest BCUT2D eigenvalue weighted by Gasteiger charge is -2.20. The van der Waals surface area contributed by atoms with E-state index in [0.29, 0.717) is 24.0 Å². The summed E-state index contributed by atoms with van der Waals surface area (Å²) in [5.41, 5.74) is 1.33. The lowest BCUT2D eigenvalue weighted by molar-refractivity contribution is 0.0722. The second kappa shape index (κ2) is 4.68. The summed E-state index contributed by atoms with van der Waals surface area (Å²) in [4.78, 5) is 18.8. The molecule has 2 aromatic rings. The zero-order valence-corrected chi connectivity index (χ0v) is 11.9. The summed E-state index contributed by atoms with van der Waals surface area (Å²) in [5.74, 6) is 1.72. The van der Waals surface area contributed by atoms with Crippen LogP contribution in [0.2, 0.25) is 0 Å². The Bertz CT molecular complexity index is 672. The Morgan fingerprint density at radius 1 is 1.43 bits per heavy atom. The van der Waals surface area contributed by atoms with E-state index in [1.807, 2.05) is 6.92 Å². The van der Waals surface area contributed by atoms with Crippen molar-refractivity contribution in [1.29, 1.82) is 0 Å². The van der Waals surface area contributed by atoms with Crippen molar-refractivity contribution >= 4 is 5.91 Å². The third-order valence-electron chi connectivity index (χ3n) is 4.12. The zero-order valence-electron chi connectivity index (χ0n) is 11.9. The highest BCUT2D eigenvalue weighted by molar-refractivity contribution is 5.92. The molecule has 110 valence electrons. The lowest BCUT2D eigenvalue weighted by Crippen LogP contribution is -2.31. The van der Waals surface area contributed by atoms with E-state index in [4.69, 9.17) is 4.52 Å². The minimum absolute atomic E-state index is 0.0698. The first-order valence-electron chi connectivity index (χ1n) is 7.39. The van der Waals surface area contributed by atoms with Gasteiger partial charge in [0.25, 0.3) is 5.91 Å². The Morgan fingerprint density at radius 2 is 2.29 bits per heavy atom. The van der Waals surface area contributed by atoms with Gasteiger partial charge in [0.15, 0.2) is 5.82 Å². The minimum atomic E-state index is -0.0919. The summed E-state index contributed by atoms with van der Waals surface area (Å²) in [7, 11) is 0. The maximum absolute atomic E-state index is 12.6. The van der Waals surface area contributed by atoms with Crippen molar-refractivity contribution in [1.82, 2.24) is 25.2 Å². The average Bonchev–Trinajstić information content (AvgIpc) is 2.94. The van der Waals surface area contributed by atoms with Gasteiger partial charge in [-0.1, -0.05) is 5.16 Å². The summed E-state index contributed by atoms with van der Waals surface area (Å²) < 4.78 is 5.32. The molecule has 0 bridgehead atoms. The smallest absolute Gasteiger partial charge is 0.274 e. The highest BCUT2D eigenvalue weighted by atomic mass is 16.5. The third-order valence-corrected chi connectivity index (χ3v) is 4.12. The average molecular weight is 287 g/mol. The van der Waals surface area contributed by atoms with Gasteiger partial charge in [0.2, 0.25) is 5.89 Å². The Labute approximate surface area is 121 Å². The molecule has 3 heterocycles. The molecule has 1 N–H and O–H groups in total. The minimum Gasteiger partial charge on any atom is -0.339 e. The highest BCUT2D eigenvalue weighted by Gasteiger charge is 2.36. The van der Waals surface area contributed by atoms with Crippen LogP contribution in [0.4, 0.5) is 0 Å². The van der Waals surface area contributed by atoms with Gasteiger partial charge < -0.3 is 9.42 Å². The molecule has 2 fully saturated rings. The first kappa shape index (κ1) is 12.6. The molecule has 4 rings (SSSR count). The molecule has 7 heteroatoms. The number of hydrogen-bond donors (Lipinski definition) is 1. The van der Waals surface area contributed by atoms with E-state index < -0.39 is 0 Å². The van der Waals surface area contributed by atoms with Crippen molar-refractivity contribution in [2.24, 2.45) is 0 Å². The molecule has 7 nitrogen and oxygen atoms in total. The van der Waals surface area contributed by atoms with Crippen LogP contribution in [-0.2, 0) is 0 Å². The predicted octanol–water partition coefficient (Wildman–Crippen LogP) is 1.96. The maximum Gasteiger partial charge on any atom is 0.274 e. The predicted molar refractivity (Wildman–Crippen MR) is 72.6 cm³/mol. The molecule has 0 unspecified atom stereocenters. The molecule has 1 atom stereocenters. The number of amides is 1. The van der Waals surface area contributed by atoms with Gasteiger partial charge in [-0.05, 0) is 38.7 Å². The maximum atomic E-state index is 12.6. The summed E-state index contributed by atoms with van der Waals surface area (Å²) >= 11 is 0. The number of carbonyl (C=O) groups excluding carboxylic acids is 1. The molecule has 1 saturated carbocycles. The van der Waals surface area contributed by atoms with Crippen LogP contribution < -0.4 is 0 Å². The highest BCUT2D eigenvalue weighted by Crippen LogP contribution is 2.40. The van der Waals surface area contributed by atoms with Gasteiger partial charge in [-0.15, -0.1) is 0 Å². The van der Waals surface area contributed by atoms with Crippen molar-refractivity contribution in [3.63, 3.8) is 0 Å². The standard InChI is InChI=1S/C14H17N5O2/c1-8-7-10(17-16-8)14(20)19-6-2-3-11(19)12-15-13(21-18-12)9-4-5-9/h7,9,11H,2-6H2,1H3,(H,16,17)/t11-/m0/s1. The fourth-order valence-corrected chi connectivity index (χ4v) is 2.83. The van der Waals surface area contributed by atoms with Gasteiger partial charge in [-0.2, -0.15) is 10.1 Å². The number of aromatic nitrogens is 4. The number of rotatable bonds is 3. The van der Waals surface area contributed by atoms with E-state index in [1.165, 1.54) is 0 Å². The molecule has 1 saturated heterocycles. The molecule has 1 aliphatic carbocycles. The molecular weight excluding hydrogens is 270 g/mol. The molecule has 0 aromatic carbocycles. The summed E-state index contributed by atoms with van der Waals surface area (Å²) in [5, 5.41) is 10.9. The van der Waals surface area contributed by atoms with Crippen LogP contribution in [-0.4, -0.2) is 37.7 Å². The molecule has 1 aliphatic heterocycles. The zero-order chi connectivity index (χ0) is 14.4. The van der Waals surface area contributed by atoms with Crippen LogP contribution in [0.1, 0.15) is 65.5 Å². The number of nitrogens with one attached hydrogen (secondary N) is 1. The molecule has 0 spiro atoms. The number of likely N-dealkylation sites (tertiary alicyclic amines) is 1. The summed E-state index contributed by atoms with van der Waals surface area (Å²) in [6.45, 7) is 2.59. The van der Waals surface area contributed by atoms with Gasteiger partial charge in [0.05, 0.1) is 6.04 Å². The number of aromatic amines is 1. The van der Waals surface area contributed by atoms with Crippen molar-refractivity contribution in [3.05, 3.63) is 29.2 Å². The Kier molecular flexibility index (Phi) is 2.80. The number of aryl methyl sites for hydroxylation is 1. The molecule has 2 aliphatic rings. The fraction of sp³-hybridized carbons (Fsp3) is 0.571. The normalized spacial score (nSPS) is 22.0. The molecule has 0 radical (unpaired) electrons. The van der Waals surface area contributed by atoms with Gasteiger partial charge in [0.1, 0.15) is 5.69 Å². The van der Waals surface area contributed by atoms with Gasteiger partial charge in [0, 0.05) is 18.2 Å².